The molecular weight excluding hydrogens is 819 g/mol. The second-order valence-corrected chi connectivity index (χ2v) is 20.2. The lowest BCUT2D eigenvalue weighted by Gasteiger charge is -2.26. The number of anilines is 3. The quantitative estimate of drug-likeness (QED) is 0.0645. The molecule has 14 nitrogen and oxygen atoms in total. The van der Waals surface area contributed by atoms with Gasteiger partial charge in [0.1, 0.15) is 17.2 Å². The fourth-order valence-corrected chi connectivity index (χ4v) is 8.98. The largest absolute Gasteiger partial charge is 0.496 e. The van der Waals surface area contributed by atoms with E-state index in [9.17, 15) is 26.4 Å². The van der Waals surface area contributed by atoms with E-state index in [4.69, 9.17) is 14.2 Å². The Morgan fingerprint density at radius 2 is 1.52 bits per heavy atom. The zero-order valence-corrected chi connectivity index (χ0v) is 37.0. The molecule has 16 heteroatoms. The molecule has 2 amide bonds. The molecule has 3 N–H and O–H groups in total. The minimum atomic E-state index is -3.65. The first-order chi connectivity index (χ1) is 28.9. The number of carbonyl (C=O) groups is 2. The second-order valence-electron chi connectivity index (χ2n) is 16.1. The van der Waals surface area contributed by atoms with Gasteiger partial charge in [0.05, 0.1) is 54.6 Å². The number of benzene rings is 4. The average molecular weight is 872 g/mol. The number of ketones is 1. The molecule has 1 aliphatic heterocycles. The Balaban J connectivity index is 1.12. The van der Waals surface area contributed by atoms with Crippen LogP contribution in [0.25, 0.3) is 10.8 Å². The van der Waals surface area contributed by atoms with Crippen molar-refractivity contribution in [3.05, 3.63) is 107 Å². The summed E-state index contributed by atoms with van der Waals surface area (Å²) in [5.74, 6) is 2.17. The third-order valence-electron chi connectivity index (χ3n) is 10.4. The molecule has 2 heterocycles. The number of sulfone groups is 1. The van der Waals surface area contributed by atoms with Gasteiger partial charge in [-0.25, -0.2) is 21.6 Å². The van der Waals surface area contributed by atoms with E-state index in [2.05, 4.69) is 25.2 Å². The molecule has 0 atom stereocenters. The van der Waals surface area contributed by atoms with Crippen LogP contribution in [0.2, 0.25) is 0 Å². The van der Waals surface area contributed by atoms with Crippen LogP contribution in [0.4, 0.5) is 21.9 Å². The lowest BCUT2D eigenvalue weighted by molar-refractivity contribution is 0.0975. The van der Waals surface area contributed by atoms with Crippen LogP contribution in [-0.4, -0.2) is 90.1 Å². The van der Waals surface area contributed by atoms with Gasteiger partial charge in [0.25, 0.3) is 0 Å². The van der Waals surface area contributed by atoms with Crippen LogP contribution in [0, 0.1) is 0 Å². The van der Waals surface area contributed by atoms with Crippen LogP contribution in [-0.2, 0) is 31.7 Å². The number of nitrogens with zero attached hydrogens (tertiary/aromatic N) is 2. The summed E-state index contributed by atoms with van der Waals surface area (Å²) in [7, 11) is -3.61. The number of carbonyl (C=O) groups excluding carboxylic acids is 2. The maximum Gasteiger partial charge on any atom is 0.323 e. The Morgan fingerprint density at radius 1 is 0.820 bits per heavy atom. The van der Waals surface area contributed by atoms with E-state index in [1.807, 2.05) is 63.2 Å². The van der Waals surface area contributed by atoms with E-state index in [0.717, 1.165) is 46.8 Å². The SMILES string of the molecule is COc1cc(Cc2cc(Oc3ccc(NC(=O)Nc4cc(C(C)(C)C)cc(NS(C)(=O)=O)c4OC)c4ccccc34)ccn2)ccc1C(=O)CCCCN1CCS(=O)(=O)CC1. The topological polar surface area (TPSA) is 182 Å². The number of rotatable bonds is 16. The monoisotopic (exact) mass is 871 g/mol. The first kappa shape index (κ1) is 44.8. The van der Waals surface area contributed by atoms with E-state index in [0.29, 0.717) is 66.5 Å². The Bertz CT molecular complexity index is 2630. The molecule has 1 aliphatic rings. The van der Waals surface area contributed by atoms with Gasteiger partial charge in [0.2, 0.25) is 10.0 Å². The number of urea groups is 1. The van der Waals surface area contributed by atoms with Gasteiger partial charge in [0.15, 0.2) is 21.4 Å². The fourth-order valence-electron chi connectivity index (χ4n) is 7.15. The standard InChI is InChI=1S/C45H53N5O9S2/c1-45(2,3)31-27-38(43(58-5)39(28-31)49-60(6,53)54)48-44(52)47-37-16-17-41(35-12-8-7-11-34(35)37)59-33-18-19-46-32(29-33)25-30-14-15-36(42(26-30)57-4)40(51)13-9-10-20-50-21-23-61(55,56)24-22-50/h7-8,11-12,14-19,26-29,49H,9-10,13,20-25H2,1-6H3,(H2,47,48,52). The van der Waals surface area contributed by atoms with Crippen LogP contribution in [0.1, 0.15) is 67.2 Å². The molecule has 5 aromatic rings. The summed E-state index contributed by atoms with van der Waals surface area (Å²) in [4.78, 5) is 33.4. The minimum absolute atomic E-state index is 0.00333. The Labute approximate surface area is 358 Å². The number of Topliss-reactive ketones (excluding diaryl/α,β-unsaturated/α-hetero) is 1. The molecular formula is C45H53N5O9S2. The summed E-state index contributed by atoms with van der Waals surface area (Å²) in [6.45, 7) is 7.81. The van der Waals surface area contributed by atoms with Gasteiger partial charge in [-0.1, -0.05) is 51.1 Å². The van der Waals surface area contributed by atoms with Crippen LogP contribution >= 0.6 is 0 Å². The number of aromatic nitrogens is 1. The van der Waals surface area contributed by atoms with Gasteiger partial charge < -0.3 is 29.7 Å². The summed E-state index contributed by atoms with van der Waals surface area (Å²) < 4.78 is 67.9. The zero-order valence-electron chi connectivity index (χ0n) is 35.3. The van der Waals surface area contributed by atoms with Crippen molar-refractivity contribution >= 4 is 59.5 Å². The van der Waals surface area contributed by atoms with E-state index in [1.54, 1.807) is 49.7 Å². The maximum absolute atomic E-state index is 13.5. The van der Waals surface area contributed by atoms with Crippen LogP contribution < -0.4 is 29.6 Å². The van der Waals surface area contributed by atoms with Crippen LogP contribution in [0.15, 0.2) is 85.1 Å². The van der Waals surface area contributed by atoms with Gasteiger partial charge in [0, 0.05) is 54.7 Å². The average Bonchev–Trinajstić information content (AvgIpc) is 3.20. The summed E-state index contributed by atoms with van der Waals surface area (Å²) in [6, 6.07) is 23.1. The summed E-state index contributed by atoms with van der Waals surface area (Å²) in [5.41, 5.74) is 3.59. The first-order valence-electron chi connectivity index (χ1n) is 20.0. The smallest absolute Gasteiger partial charge is 0.323 e. The molecule has 0 aliphatic carbocycles. The molecule has 61 heavy (non-hydrogen) atoms. The summed E-state index contributed by atoms with van der Waals surface area (Å²) >= 11 is 0. The normalized spacial score (nSPS) is 14.3. The van der Waals surface area contributed by atoms with Crippen molar-refractivity contribution in [2.45, 2.75) is 51.9 Å². The van der Waals surface area contributed by atoms with Gasteiger partial charge in [-0.3, -0.25) is 14.5 Å². The molecule has 0 unspecified atom stereocenters. The van der Waals surface area contributed by atoms with Crippen molar-refractivity contribution in [2.75, 3.05) is 67.0 Å². The van der Waals surface area contributed by atoms with Crippen LogP contribution in [0.3, 0.4) is 0 Å². The molecule has 6 rings (SSSR count). The number of ether oxygens (including phenoxy) is 3. The Morgan fingerprint density at radius 3 is 2.21 bits per heavy atom. The highest BCUT2D eigenvalue weighted by atomic mass is 32.2. The fraction of sp³-hybridized carbons (Fsp3) is 0.356. The molecule has 4 aromatic carbocycles. The number of pyridine rings is 1. The second kappa shape index (κ2) is 18.9. The van der Waals surface area contributed by atoms with Crippen molar-refractivity contribution in [3.63, 3.8) is 0 Å². The van der Waals surface area contributed by atoms with Crippen molar-refractivity contribution in [1.82, 2.24) is 9.88 Å². The van der Waals surface area contributed by atoms with E-state index in [1.165, 1.54) is 7.11 Å². The van der Waals surface area contributed by atoms with Crippen molar-refractivity contribution < 1.29 is 40.6 Å². The minimum Gasteiger partial charge on any atom is -0.496 e. The number of nitrogens with one attached hydrogen (secondary N) is 3. The molecule has 1 saturated heterocycles. The predicted octanol–water partition coefficient (Wildman–Crippen LogP) is 8.03. The third kappa shape index (κ3) is 12.0. The molecule has 0 bridgehead atoms. The number of hydrogen-bond donors (Lipinski definition) is 3. The van der Waals surface area contributed by atoms with Crippen molar-refractivity contribution in [2.24, 2.45) is 0 Å². The Kier molecular flexibility index (Phi) is 13.9. The lowest BCUT2D eigenvalue weighted by Crippen LogP contribution is -2.40. The van der Waals surface area contributed by atoms with Crippen LogP contribution in [0.5, 0.6) is 23.0 Å². The molecule has 0 saturated carbocycles. The number of unbranched alkanes of at least 4 members (excludes halogenated alkanes) is 1. The highest BCUT2D eigenvalue weighted by molar-refractivity contribution is 7.92. The number of hydrogen-bond acceptors (Lipinski definition) is 11. The maximum atomic E-state index is 13.5. The number of sulfonamides is 1. The summed E-state index contributed by atoms with van der Waals surface area (Å²) in [5, 5.41) is 7.24. The van der Waals surface area contributed by atoms with Crippen molar-refractivity contribution in [1.29, 1.82) is 0 Å². The van der Waals surface area contributed by atoms with E-state index >= 15 is 0 Å². The van der Waals surface area contributed by atoms with Gasteiger partial charge in [-0.05, 0) is 78.4 Å². The highest BCUT2D eigenvalue weighted by Gasteiger charge is 2.24. The number of amides is 2. The molecule has 324 valence electrons. The predicted molar refractivity (Wildman–Crippen MR) is 240 cm³/mol. The van der Waals surface area contributed by atoms with Gasteiger partial charge in [-0.2, -0.15) is 0 Å². The van der Waals surface area contributed by atoms with Gasteiger partial charge in [-0.15, -0.1) is 0 Å². The van der Waals surface area contributed by atoms with Crippen molar-refractivity contribution in [3.8, 4) is 23.0 Å². The Hall–Kier alpha value is -5.71. The molecule has 0 spiro atoms. The zero-order chi connectivity index (χ0) is 44.0. The number of methoxy groups -OCH3 is 2. The van der Waals surface area contributed by atoms with E-state index in [-0.39, 0.29) is 34.1 Å². The third-order valence-corrected chi connectivity index (χ3v) is 12.6. The molecule has 1 fully saturated rings. The number of fused-ring (bicyclic) bond motifs is 1. The highest BCUT2D eigenvalue weighted by Crippen LogP contribution is 2.40. The summed E-state index contributed by atoms with van der Waals surface area (Å²) in [6.07, 6.45) is 5.06. The van der Waals surface area contributed by atoms with E-state index < -0.39 is 25.9 Å². The molecule has 0 radical (unpaired) electrons. The van der Waals surface area contributed by atoms with Gasteiger partial charge >= 0.3 is 6.03 Å². The molecule has 1 aromatic heterocycles. The first-order valence-corrected chi connectivity index (χ1v) is 23.7. The lowest BCUT2D eigenvalue weighted by atomic mass is 9.86.